The van der Waals surface area contributed by atoms with Crippen molar-refractivity contribution < 1.29 is 9.47 Å². The molecule has 2 aromatic heterocycles. The summed E-state index contributed by atoms with van der Waals surface area (Å²) in [5.41, 5.74) is 3.66. The van der Waals surface area contributed by atoms with E-state index >= 15 is 0 Å². The standard InChI is InChI=1S/C24H29N5O3/c1-28-9-6-18(14-23(28)30)27-17-2-4-20(5-3-17)32-22-16-19(29-10-12-31-13-11-29)15-21-24(22)26-8-7-25-21/h6-9,14-17,20,27H,2-5,10-13H2,1H3. The Morgan fingerprint density at radius 1 is 1.06 bits per heavy atom. The average Bonchev–Trinajstić information content (AvgIpc) is 2.83. The molecule has 168 valence electrons. The van der Waals surface area contributed by atoms with Gasteiger partial charge in [-0.25, -0.2) is 4.98 Å². The lowest BCUT2D eigenvalue weighted by molar-refractivity contribution is 0.122. The molecule has 8 nitrogen and oxygen atoms in total. The van der Waals surface area contributed by atoms with E-state index in [1.54, 1.807) is 36.3 Å². The number of rotatable bonds is 5. The van der Waals surface area contributed by atoms with Crippen LogP contribution in [0.1, 0.15) is 25.7 Å². The van der Waals surface area contributed by atoms with Crippen LogP contribution < -0.4 is 20.5 Å². The van der Waals surface area contributed by atoms with E-state index in [4.69, 9.17) is 9.47 Å². The Balaban J connectivity index is 1.27. The van der Waals surface area contributed by atoms with Crippen molar-refractivity contribution in [2.75, 3.05) is 36.5 Å². The van der Waals surface area contributed by atoms with Crippen LogP contribution in [0.25, 0.3) is 11.0 Å². The third kappa shape index (κ3) is 4.55. The quantitative estimate of drug-likeness (QED) is 0.660. The first-order valence-electron chi connectivity index (χ1n) is 11.3. The number of hydrogen-bond donors (Lipinski definition) is 1. The molecule has 3 aromatic rings. The van der Waals surface area contributed by atoms with E-state index in [9.17, 15) is 4.79 Å². The number of morpholine rings is 1. The topological polar surface area (TPSA) is 81.5 Å². The fourth-order valence-electron chi connectivity index (χ4n) is 4.50. The van der Waals surface area contributed by atoms with Crippen LogP contribution in [0.3, 0.4) is 0 Å². The third-order valence-electron chi connectivity index (χ3n) is 6.34. The third-order valence-corrected chi connectivity index (χ3v) is 6.34. The van der Waals surface area contributed by atoms with Gasteiger partial charge in [0.15, 0.2) is 0 Å². The molecule has 0 bridgehead atoms. The fraction of sp³-hybridized carbons (Fsp3) is 0.458. The Bertz CT molecular complexity index is 1130. The van der Waals surface area contributed by atoms with Gasteiger partial charge in [-0.15, -0.1) is 0 Å². The molecule has 0 unspecified atom stereocenters. The Morgan fingerprint density at radius 2 is 1.84 bits per heavy atom. The second-order valence-electron chi connectivity index (χ2n) is 8.57. The number of fused-ring (bicyclic) bond motifs is 1. The highest BCUT2D eigenvalue weighted by atomic mass is 16.5. The maximum absolute atomic E-state index is 11.9. The van der Waals surface area contributed by atoms with Crippen LogP contribution >= 0.6 is 0 Å². The van der Waals surface area contributed by atoms with Crippen LogP contribution in [0, 0.1) is 0 Å². The Morgan fingerprint density at radius 3 is 2.62 bits per heavy atom. The van der Waals surface area contributed by atoms with Gasteiger partial charge in [-0.05, 0) is 37.8 Å². The molecule has 2 aliphatic rings. The van der Waals surface area contributed by atoms with Crippen molar-refractivity contribution in [1.29, 1.82) is 0 Å². The smallest absolute Gasteiger partial charge is 0.252 e. The van der Waals surface area contributed by atoms with Crippen molar-refractivity contribution in [3.63, 3.8) is 0 Å². The zero-order valence-corrected chi connectivity index (χ0v) is 18.4. The minimum Gasteiger partial charge on any atom is -0.488 e. The Kier molecular flexibility index (Phi) is 5.94. The zero-order valence-electron chi connectivity index (χ0n) is 18.4. The number of nitrogens with one attached hydrogen (secondary N) is 1. The number of aromatic nitrogens is 3. The minimum atomic E-state index is 0.000145. The largest absolute Gasteiger partial charge is 0.488 e. The normalized spacial score (nSPS) is 21.5. The van der Waals surface area contributed by atoms with Crippen molar-refractivity contribution in [2.24, 2.45) is 7.05 Å². The second kappa shape index (κ2) is 9.16. The molecule has 0 spiro atoms. The van der Waals surface area contributed by atoms with E-state index in [0.29, 0.717) is 6.04 Å². The summed E-state index contributed by atoms with van der Waals surface area (Å²) < 4.78 is 13.6. The molecule has 2 fully saturated rings. The Labute approximate surface area is 187 Å². The summed E-state index contributed by atoms with van der Waals surface area (Å²) in [7, 11) is 1.76. The summed E-state index contributed by atoms with van der Waals surface area (Å²) in [6.07, 6.45) is 9.27. The molecule has 1 N–H and O–H groups in total. The maximum Gasteiger partial charge on any atom is 0.252 e. The summed E-state index contributed by atoms with van der Waals surface area (Å²) in [6.45, 7) is 3.20. The average molecular weight is 436 g/mol. The molecule has 1 aliphatic heterocycles. The monoisotopic (exact) mass is 435 g/mol. The fourth-order valence-corrected chi connectivity index (χ4v) is 4.50. The Hall–Kier alpha value is -3.13. The van der Waals surface area contributed by atoms with Gasteiger partial charge in [0.2, 0.25) is 0 Å². The summed E-state index contributed by atoms with van der Waals surface area (Å²) in [5, 5.41) is 3.51. The van der Waals surface area contributed by atoms with Gasteiger partial charge in [-0.3, -0.25) is 9.78 Å². The summed E-state index contributed by atoms with van der Waals surface area (Å²) in [4.78, 5) is 23.3. The predicted octanol–water partition coefficient (Wildman–Crippen LogP) is 2.97. The van der Waals surface area contributed by atoms with Gasteiger partial charge in [0, 0.05) is 68.3 Å². The number of benzene rings is 1. The highest BCUT2D eigenvalue weighted by Crippen LogP contribution is 2.33. The first-order chi connectivity index (χ1) is 15.7. The van der Waals surface area contributed by atoms with Gasteiger partial charge in [-0.2, -0.15) is 0 Å². The number of hydrogen-bond acceptors (Lipinski definition) is 7. The first-order valence-corrected chi connectivity index (χ1v) is 11.3. The van der Waals surface area contributed by atoms with Crippen LogP contribution in [0.2, 0.25) is 0 Å². The van der Waals surface area contributed by atoms with E-state index < -0.39 is 0 Å². The van der Waals surface area contributed by atoms with Crippen molar-refractivity contribution >= 4 is 22.4 Å². The van der Waals surface area contributed by atoms with E-state index in [0.717, 1.165) is 80.1 Å². The first kappa shape index (κ1) is 20.8. The number of anilines is 2. The van der Waals surface area contributed by atoms with Crippen molar-refractivity contribution in [2.45, 2.75) is 37.8 Å². The van der Waals surface area contributed by atoms with Gasteiger partial charge in [-0.1, -0.05) is 0 Å². The summed E-state index contributed by atoms with van der Waals surface area (Å²) in [5.74, 6) is 0.806. The summed E-state index contributed by atoms with van der Waals surface area (Å²) in [6, 6.07) is 8.15. The lowest BCUT2D eigenvalue weighted by Crippen LogP contribution is -2.36. The van der Waals surface area contributed by atoms with Gasteiger partial charge >= 0.3 is 0 Å². The molecular formula is C24H29N5O3. The highest BCUT2D eigenvalue weighted by Gasteiger charge is 2.24. The molecule has 3 heterocycles. The molecule has 0 radical (unpaired) electrons. The molecule has 32 heavy (non-hydrogen) atoms. The van der Waals surface area contributed by atoms with E-state index in [1.807, 2.05) is 6.07 Å². The second-order valence-corrected chi connectivity index (χ2v) is 8.57. The zero-order chi connectivity index (χ0) is 21.9. The molecule has 1 aliphatic carbocycles. The van der Waals surface area contributed by atoms with Gasteiger partial charge < -0.3 is 24.3 Å². The molecule has 0 amide bonds. The van der Waals surface area contributed by atoms with Crippen LogP contribution in [0.5, 0.6) is 5.75 Å². The minimum absolute atomic E-state index is 0.000145. The molecule has 8 heteroatoms. The molecule has 5 rings (SSSR count). The van der Waals surface area contributed by atoms with Crippen molar-refractivity contribution in [3.8, 4) is 5.75 Å². The number of pyridine rings is 1. The number of aryl methyl sites for hydroxylation is 1. The molecule has 0 atom stereocenters. The maximum atomic E-state index is 11.9. The van der Waals surface area contributed by atoms with Crippen LogP contribution in [0.15, 0.2) is 47.7 Å². The van der Waals surface area contributed by atoms with Crippen molar-refractivity contribution in [1.82, 2.24) is 14.5 Å². The number of ether oxygens (including phenoxy) is 2. The predicted molar refractivity (Wildman–Crippen MR) is 125 cm³/mol. The summed E-state index contributed by atoms with van der Waals surface area (Å²) >= 11 is 0. The molecule has 1 aromatic carbocycles. The highest BCUT2D eigenvalue weighted by molar-refractivity contribution is 5.85. The van der Waals surface area contributed by atoms with E-state index in [1.165, 1.54) is 0 Å². The van der Waals surface area contributed by atoms with Crippen molar-refractivity contribution in [3.05, 3.63) is 53.2 Å². The van der Waals surface area contributed by atoms with Gasteiger partial charge in [0.1, 0.15) is 11.3 Å². The molecular weight excluding hydrogens is 406 g/mol. The van der Waals surface area contributed by atoms with Crippen LogP contribution in [-0.4, -0.2) is 53.0 Å². The van der Waals surface area contributed by atoms with Gasteiger partial charge in [0.05, 0.1) is 24.8 Å². The van der Waals surface area contributed by atoms with E-state index in [-0.39, 0.29) is 11.7 Å². The lowest BCUT2D eigenvalue weighted by atomic mass is 9.92. The SMILES string of the molecule is Cn1ccc(NC2CCC(Oc3cc(N4CCOCC4)cc4nccnc34)CC2)cc1=O. The van der Waals surface area contributed by atoms with Gasteiger partial charge in [0.25, 0.3) is 5.56 Å². The van der Waals surface area contributed by atoms with Crippen LogP contribution in [0.4, 0.5) is 11.4 Å². The van der Waals surface area contributed by atoms with Crippen LogP contribution in [-0.2, 0) is 11.8 Å². The van der Waals surface area contributed by atoms with E-state index in [2.05, 4.69) is 32.3 Å². The number of nitrogens with zero attached hydrogens (tertiary/aromatic N) is 4. The molecule has 1 saturated carbocycles. The lowest BCUT2D eigenvalue weighted by Gasteiger charge is -2.31. The molecule has 1 saturated heterocycles.